The molecular formula is C30H38N2O4. The zero-order chi connectivity index (χ0) is 25.3. The molecule has 0 saturated heterocycles. The molecule has 0 radical (unpaired) electrons. The third kappa shape index (κ3) is 4.58. The Labute approximate surface area is 214 Å². The van der Waals surface area contributed by atoms with Gasteiger partial charge in [-0.2, -0.15) is 0 Å². The molecule has 0 heterocycles. The number of ketones is 1. The van der Waals surface area contributed by atoms with E-state index in [2.05, 4.69) is 35.8 Å². The van der Waals surface area contributed by atoms with Gasteiger partial charge < -0.3 is 20.1 Å². The minimum absolute atomic E-state index is 0.186. The molecule has 6 nitrogen and oxygen atoms in total. The fraction of sp³-hybridized carbons (Fsp3) is 0.533. The number of hydrogen-bond acceptors (Lipinski definition) is 4. The van der Waals surface area contributed by atoms with Gasteiger partial charge in [-0.3, -0.25) is 4.79 Å². The van der Waals surface area contributed by atoms with Crippen molar-refractivity contribution in [3.8, 4) is 11.5 Å². The molecule has 6 heteroatoms. The summed E-state index contributed by atoms with van der Waals surface area (Å²) in [5.74, 6) is 4.10. The summed E-state index contributed by atoms with van der Waals surface area (Å²) >= 11 is 0. The van der Waals surface area contributed by atoms with E-state index >= 15 is 0 Å². The molecular weight excluding hydrogens is 452 g/mol. The summed E-state index contributed by atoms with van der Waals surface area (Å²) in [6.07, 6.45) is 6.85. The summed E-state index contributed by atoms with van der Waals surface area (Å²) in [6.45, 7) is 2.84. The van der Waals surface area contributed by atoms with E-state index in [0.717, 1.165) is 55.7 Å². The fourth-order valence-corrected chi connectivity index (χ4v) is 7.43. The Kier molecular flexibility index (Phi) is 6.96. The van der Waals surface area contributed by atoms with Crippen molar-refractivity contribution >= 4 is 17.5 Å². The summed E-state index contributed by atoms with van der Waals surface area (Å²) in [5, 5.41) is 5.84. The average Bonchev–Trinajstić information content (AvgIpc) is 3.16. The first-order valence-electron chi connectivity index (χ1n) is 13.3. The Morgan fingerprint density at radius 3 is 2.56 bits per heavy atom. The number of benzene rings is 2. The predicted molar refractivity (Wildman–Crippen MR) is 141 cm³/mol. The second kappa shape index (κ2) is 10.2. The average molecular weight is 491 g/mol. The lowest BCUT2D eigenvalue weighted by atomic mass is 9.54. The number of methoxy groups -OCH3 is 2. The first-order valence-corrected chi connectivity index (χ1v) is 13.3. The highest BCUT2D eigenvalue weighted by molar-refractivity contribution is 5.89. The SMILES string of the molecule is COc1ccc(NC(=O)NCCC[C@@H]2CC(=O)[C@@]3(C)CCC4c5ccc(OC)cc5CCC4C23)cc1. The molecule has 5 atom stereocenters. The predicted octanol–water partition coefficient (Wildman–Crippen LogP) is 5.96. The molecule has 0 aliphatic heterocycles. The van der Waals surface area contributed by atoms with Crippen LogP contribution in [0.1, 0.15) is 62.5 Å². The van der Waals surface area contributed by atoms with E-state index in [9.17, 15) is 9.59 Å². The van der Waals surface area contributed by atoms with E-state index in [-0.39, 0.29) is 11.4 Å². The van der Waals surface area contributed by atoms with E-state index in [0.29, 0.717) is 42.4 Å². The number of Topliss-reactive ketones (excluding diaryl/α,β-unsaturated/α-hetero) is 1. The molecule has 3 unspecified atom stereocenters. The number of fused-ring (bicyclic) bond motifs is 5. The monoisotopic (exact) mass is 490 g/mol. The standard InChI is InChI=1S/C30H38N2O4/c1-30-15-14-25-24-13-11-23(36-3)17-19(24)6-12-26(25)28(30)20(18-27(30)33)5-4-16-31-29(34)32-21-7-9-22(35-2)10-8-21/h7-11,13,17,20,25-26,28H,4-6,12,14-16,18H2,1-3H3,(H2,31,32,34)/t20-,25?,26?,28?,30-/m1/s1. The van der Waals surface area contributed by atoms with Gasteiger partial charge in [-0.05, 0) is 110 Å². The zero-order valence-corrected chi connectivity index (χ0v) is 21.6. The van der Waals surface area contributed by atoms with Crippen LogP contribution < -0.4 is 20.1 Å². The van der Waals surface area contributed by atoms with Gasteiger partial charge in [-0.1, -0.05) is 13.0 Å². The molecule has 192 valence electrons. The van der Waals surface area contributed by atoms with E-state index in [1.807, 2.05) is 24.3 Å². The Bertz CT molecular complexity index is 1110. The van der Waals surface area contributed by atoms with Crippen LogP contribution in [0.5, 0.6) is 11.5 Å². The van der Waals surface area contributed by atoms with E-state index in [1.54, 1.807) is 14.2 Å². The highest BCUT2D eigenvalue weighted by atomic mass is 16.5. The van der Waals surface area contributed by atoms with Gasteiger partial charge in [0.05, 0.1) is 14.2 Å². The van der Waals surface area contributed by atoms with Gasteiger partial charge >= 0.3 is 6.03 Å². The molecule has 2 saturated carbocycles. The summed E-state index contributed by atoms with van der Waals surface area (Å²) in [5.41, 5.74) is 3.44. The molecule has 36 heavy (non-hydrogen) atoms. The van der Waals surface area contributed by atoms with Gasteiger partial charge in [0, 0.05) is 24.1 Å². The van der Waals surface area contributed by atoms with Crippen molar-refractivity contribution in [2.45, 2.75) is 57.8 Å². The molecule has 2 amide bonds. The number of carbonyl (C=O) groups excluding carboxylic acids is 2. The smallest absolute Gasteiger partial charge is 0.319 e. The molecule has 0 bridgehead atoms. The number of urea groups is 1. The van der Waals surface area contributed by atoms with Gasteiger partial charge in [-0.25, -0.2) is 4.79 Å². The first kappa shape index (κ1) is 24.7. The molecule has 3 aliphatic rings. The van der Waals surface area contributed by atoms with Crippen molar-refractivity contribution in [1.29, 1.82) is 0 Å². The number of hydrogen-bond donors (Lipinski definition) is 2. The van der Waals surface area contributed by atoms with Crippen LogP contribution in [0.15, 0.2) is 42.5 Å². The largest absolute Gasteiger partial charge is 0.497 e. The second-order valence-electron chi connectivity index (χ2n) is 11.0. The van der Waals surface area contributed by atoms with Crippen LogP contribution in [-0.4, -0.2) is 32.6 Å². The van der Waals surface area contributed by atoms with Gasteiger partial charge in [0.25, 0.3) is 0 Å². The van der Waals surface area contributed by atoms with Crippen molar-refractivity contribution in [3.63, 3.8) is 0 Å². The van der Waals surface area contributed by atoms with Crippen LogP contribution in [0.2, 0.25) is 0 Å². The highest BCUT2D eigenvalue weighted by Crippen LogP contribution is 2.62. The van der Waals surface area contributed by atoms with Gasteiger partial charge in [0.15, 0.2) is 0 Å². The maximum absolute atomic E-state index is 13.2. The molecule has 2 N–H and O–H groups in total. The third-order valence-corrected chi connectivity index (χ3v) is 9.16. The highest BCUT2D eigenvalue weighted by Gasteiger charge is 2.58. The lowest BCUT2D eigenvalue weighted by molar-refractivity contribution is -0.129. The number of ether oxygens (including phenoxy) is 2. The molecule has 2 aromatic rings. The Morgan fingerprint density at radius 2 is 1.81 bits per heavy atom. The summed E-state index contributed by atoms with van der Waals surface area (Å²) in [6, 6.07) is 13.6. The fourth-order valence-electron chi connectivity index (χ4n) is 7.43. The first-order chi connectivity index (χ1) is 17.4. The van der Waals surface area contributed by atoms with Crippen molar-refractivity contribution in [1.82, 2.24) is 5.32 Å². The lowest BCUT2D eigenvalue weighted by Crippen LogP contribution is -2.44. The normalized spacial score (nSPS) is 28.5. The molecule has 0 spiro atoms. The summed E-state index contributed by atoms with van der Waals surface area (Å²) < 4.78 is 10.6. The molecule has 2 fully saturated rings. The molecule has 5 rings (SSSR count). The number of aryl methyl sites for hydroxylation is 1. The van der Waals surface area contributed by atoms with Crippen molar-refractivity contribution in [2.75, 3.05) is 26.1 Å². The van der Waals surface area contributed by atoms with E-state index in [4.69, 9.17) is 9.47 Å². The zero-order valence-electron chi connectivity index (χ0n) is 21.6. The van der Waals surface area contributed by atoms with Crippen LogP contribution in [0.25, 0.3) is 0 Å². The van der Waals surface area contributed by atoms with Gasteiger partial charge in [-0.15, -0.1) is 0 Å². The minimum Gasteiger partial charge on any atom is -0.497 e. The number of amides is 2. The number of carbonyl (C=O) groups is 2. The summed E-state index contributed by atoms with van der Waals surface area (Å²) in [7, 11) is 3.35. The maximum Gasteiger partial charge on any atom is 0.319 e. The Balaban J connectivity index is 1.19. The van der Waals surface area contributed by atoms with Gasteiger partial charge in [0.1, 0.15) is 17.3 Å². The second-order valence-corrected chi connectivity index (χ2v) is 11.0. The van der Waals surface area contributed by atoms with Crippen molar-refractivity contribution < 1.29 is 19.1 Å². The minimum atomic E-state index is -0.204. The Morgan fingerprint density at radius 1 is 1.06 bits per heavy atom. The number of rotatable bonds is 7. The number of nitrogens with one attached hydrogen (secondary N) is 2. The topological polar surface area (TPSA) is 76.7 Å². The van der Waals surface area contributed by atoms with E-state index < -0.39 is 0 Å². The van der Waals surface area contributed by atoms with Crippen LogP contribution in [-0.2, 0) is 11.2 Å². The van der Waals surface area contributed by atoms with Crippen LogP contribution in [0.4, 0.5) is 10.5 Å². The van der Waals surface area contributed by atoms with E-state index in [1.165, 1.54) is 11.1 Å². The molecule has 0 aromatic heterocycles. The number of anilines is 1. The molecule has 2 aromatic carbocycles. The summed E-state index contributed by atoms with van der Waals surface area (Å²) in [4.78, 5) is 25.6. The van der Waals surface area contributed by atoms with Crippen molar-refractivity contribution in [3.05, 3.63) is 53.6 Å². The molecule has 3 aliphatic carbocycles. The third-order valence-electron chi connectivity index (χ3n) is 9.16. The lowest BCUT2D eigenvalue weighted by Gasteiger charge is -2.50. The van der Waals surface area contributed by atoms with Crippen LogP contribution in [0.3, 0.4) is 0 Å². The van der Waals surface area contributed by atoms with Crippen LogP contribution >= 0.6 is 0 Å². The quantitative estimate of drug-likeness (QED) is 0.470. The van der Waals surface area contributed by atoms with Gasteiger partial charge in [0.2, 0.25) is 0 Å². The Hall–Kier alpha value is -3.02. The maximum atomic E-state index is 13.2. The van der Waals surface area contributed by atoms with Crippen LogP contribution in [0, 0.1) is 23.2 Å². The van der Waals surface area contributed by atoms with Crippen molar-refractivity contribution in [2.24, 2.45) is 23.2 Å².